The van der Waals surface area contributed by atoms with Gasteiger partial charge in [-0.05, 0) is 37.3 Å². The Kier molecular flexibility index (Phi) is 6.12. The predicted molar refractivity (Wildman–Crippen MR) is 86.4 cm³/mol. The van der Waals surface area contributed by atoms with Crippen LogP contribution in [0.3, 0.4) is 0 Å². The van der Waals surface area contributed by atoms with E-state index in [0.717, 1.165) is 31.9 Å². The summed E-state index contributed by atoms with van der Waals surface area (Å²) in [4.78, 5) is 0. The van der Waals surface area contributed by atoms with Crippen LogP contribution < -0.4 is 10.1 Å². The maximum absolute atomic E-state index is 5.91. The van der Waals surface area contributed by atoms with Crippen LogP contribution in [0.5, 0.6) is 5.75 Å². The highest BCUT2D eigenvalue weighted by Gasteiger charge is 2.00. The molecule has 106 valence electrons. The van der Waals surface area contributed by atoms with Gasteiger partial charge in [0.1, 0.15) is 5.75 Å². The molecule has 20 heavy (non-hydrogen) atoms. The van der Waals surface area contributed by atoms with E-state index < -0.39 is 0 Å². The Bertz CT molecular complexity index is 530. The number of fused-ring (bicyclic) bond motifs is 1. The molecule has 0 aliphatic carbocycles. The lowest BCUT2D eigenvalue weighted by Crippen LogP contribution is -2.14. The van der Waals surface area contributed by atoms with Gasteiger partial charge in [0.2, 0.25) is 0 Å². The fraction of sp³-hybridized carbons (Fsp3) is 0.333. The van der Waals surface area contributed by atoms with Crippen LogP contribution in [-0.4, -0.2) is 19.7 Å². The molecule has 0 aliphatic heterocycles. The lowest BCUT2D eigenvalue weighted by Gasteiger charge is -2.09. The number of hydrogen-bond donors (Lipinski definition) is 1. The average molecular weight is 269 g/mol. The summed E-state index contributed by atoms with van der Waals surface area (Å²) in [5.74, 6) is 0.993. The van der Waals surface area contributed by atoms with E-state index in [-0.39, 0.29) is 0 Å². The zero-order valence-corrected chi connectivity index (χ0v) is 12.0. The Labute approximate surface area is 121 Å². The molecular weight excluding hydrogens is 246 g/mol. The van der Waals surface area contributed by atoms with E-state index in [4.69, 9.17) is 4.74 Å². The molecule has 0 heterocycles. The van der Waals surface area contributed by atoms with Crippen LogP contribution in [0.25, 0.3) is 10.8 Å². The molecule has 0 amide bonds. The molecule has 0 aromatic heterocycles. The van der Waals surface area contributed by atoms with Crippen LogP contribution >= 0.6 is 0 Å². The molecule has 2 nitrogen and oxygen atoms in total. The van der Waals surface area contributed by atoms with Crippen molar-refractivity contribution in [1.82, 2.24) is 5.32 Å². The van der Waals surface area contributed by atoms with Gasteiger partial charge in [-0.2, -0.15) is 0 Å². The van der Waals surface area contributed by atoms with Gasteiger partial charge in [-0.1, -0.05) is 42.5 Å². The zero-order chi connectivity index (χ0) is 14.0. The van der Waals surface area contributed by atoms with Gasteiger partial charge in [0.05, 0.1) is 6.61 Å². The summed E-state index contributed by atoms with van der Waals surface area (Å²) in [6.07, 6.45) is 5.37. The van der Waals surface area contributed by atoms with E-state index in [9.17, 15) is 0 Å². The first-order chi connectivity index (χ1) is 9.92. The molecule has 1 N–H and O–H groups in total. The Morgan fingerprint density at radius 3 is 2.75 bits per heavy atom. The second kappa shape index (κ2) is 8.39. The SMILES string of the molecule is C=CCNCCCCCOc1cccc2ccccc12. The number of rotatable bonds is 9. The molecule has 0 saturated heterocycles. The summed E-state index contributed by atoms with van der Waals surface area (Å²) in [5, 5.41) is 5.74. The molecular formula is C18H23NO. The molecule has 0 bridgehead atoms. The minimum Gasteiger partial charge on any atom is -0.493 e. The Morgan fingerprint density at radius 2 is 1.85 bits per heavy atom. The van der Waals surface area contributed by atoms with Gasteiger partial charge in [-0.25, -0.2) is 0 Å². The highest BCUT2D eigenvalue weighted by molar-refractivity contribution is 5.88. The number of benzene rings is 2. The van der Waals surface area contributed by atoms with Gasteiger partial charge >= 0.3 is 0 Å². The molecule has 0 spiro atoms. The van der Waals surface area contributed by atoms with E-state index in [1.54, 1.807) is 0 Å². The molecule has 0 aliphatic rings. The first-order valence-electron chi connectivity index (χ1n) is 7.34. The lowest BCUT2D eigenvalue weighted by molar-refractivity contribution is 0.308. The number of nitrogens with one attached hydrogen (secondary N) is 1. The average Bonchev–Trinajstić information content (AvgIpc) is 2.50. The van der Waals surface area contributed by atoms with Gasteiger partial charge in [-0.15, -0.1) is 6.58 Å². The highest BCUT2D eigenvalue weighted by atomic mass is 16.5. The van der Waals surface area contributed by atoms with Crippen LogP contribution in [0.4, 0.5) is 0 Å². The second-order valence-electron chi connectivity index (χ2n) is 4.88. The van der Waals surface area contributed by atoms with Crippen molar-refractivity contribution in [2.75, 3.05) is 19.7 Å². The molecule has 2 aromatic rings. The first kappa shape index (κ1) is 14.6. The Hall–Kier alpha value is -1.80. The number of unbranched alkanes of at least 4 members (excludes halogenated alkanes) is 2. The normalized spacial score (nSPS) is 10.6. The summed E-state index contributed by atoms with van der Waals surface area (Å²) in [6, 6.07) is 14.6. The van der Waals surface area contributed by atoms with Crippen LogP contribution in [0.2, 0.25) is 0 Å². The fourth-order valence-electron chi connectivity index (χ4n) is 2.24. The monoisotopic (exact) mass is 269 g/mol. The van der Waals surface area contributed by atoms with Gasteiger partial charge in [-0.3, -0.25) is 0 Å². The van der Waals surface area contributed by atoms with Crippen molar-refractivity contribution in [2.45, 2.75) is 19.3 Å². The standard InChI is InChI=1S/C18H23NO/c1-2-13-19-14-6-3-7-15-20-18-12-8-10-16-9-4-5-11-17(16)18/h2,4-5,8-12,19H,1,3,6-7,13-15H2. The third-order valence-corrected chi connectivity index (χ3v) is 3.29. The molecule has 0 fully saturated rings. The van der Waals surface area contributed by atoms with Gasteiger partial charge < -0.3 is 10.1 Å². The van der Waals surface area contributed by atoms with E-state index in [1.807, 2.05) is 12.1 Å². The van der Waals surface area contributed by atoms with Crippen molar-refractivity contribution >= 4 is 10.8 Å². The summed E-state index contributed by atoms with van der Waals surface area (Å²) < 4.78 is 5.91. The van der Waals surface area contributed by atoms with E-state index in [1.165, 1.54) is 23.6 Å². The minimum absolute atomic E-state index is 0.787. The quantitative estimate of drug-likeness (QED) is 0.545. The van der Waals surface area contributed by atoms with Crippen LogP contribution in [0.1, 0.15) is 19.3 Å². The molecule has 0 unspecified atom stereocenters. The lowest BCUT2D eigenvalue weighted by atomic mass is 10.1. The second-order valence-corrected chi connectivity index (χ2v) is 4.88. The molecule has 0 radical (unpaired) electrons. The molecule has 2 aromatic carbocycles. The minimum atomic E-state index is 0.787. The third kappa shape index (κ3) is 4.39. The number of ether oxygens (including phenoxy) is 1. The van der Waals surface area contributed by atoms with Crippen molar-refractivity contribution in [3.05, 3.63) is 55.1 Å². The summed E-state index contributed by atoms with van der Waals surface area (Å²) in [7, 11) is 0. The molecule has 2 heteroatoms. The number of hydrogen-bond acceptors (Lipinski definition) is 2. The zero-order valence-electron chi connectivity index (χ0n) is 12.0. The van der Waals surface area contributed by atoms with Gasteiger partial charge in [0.15, 0.2) is 0 Å². The van der Waals surface area contributed by atoms with Crippen molar-refractivity contribution in [3.8, 4) is 5.75 Å². The van der Waals surface area contributed by atoms with Crippen LogP contribution in [0, 0.1) is 0 Å². The highest BCUT2D eigenvalue weighted by Crippen LogP contribution is 2.25. The topological polar surface area (TPSA) is 21.3 Å². The molecule has 2 rings (SSSR count). The summed E-state index contributed by atoms with van der Waals surface area (Å²) in [6.45, 7) is 6.42. The van der Waals surface area contributed by atoms with E-state index in [2.05, 4.69) is 48.3 Å². The van der Waals surface area contributed by atoms with Crippen molar-refractivity contribution < 1.29 is 4.74 Å². The summed E-state index contributed by atoms with van der Waals surface area (Å²) in [5.41, 5.74) is 0. The molecule has 0 saturated carbocycles. The third-order valence-electron chi connectivity index (χ3n) is 3.29. The maximum Gasteiger partial charge on any atom is 0.127 e. The van der Waals surface area contributed by atoms with Gasteiger partial charge in [0.25, 0.3) is 0 Å². The van der Waals surface area contributed by atoms with Crippen LogP contribution in [-0.2, 0) is 0 Å². The van der Waals surface area contributed by atoms with Crippen molar-refractivity contribution in [2.24, 2.45) is 0 Å². The first-order valence-corrected chi connectivity index (χ1v) is 7.34. The maximum atomic E-state index is 5.91. The van der Waals surface area contributed by atoms with Crippen molar-refractivity contribution in [3.63, 3.8) is 0 Å². The Balaban J connectivity index is 1.72. The smallest absolute Gasteiger partial charge is 0.127 e. The van der Waals surface area contributed by atoms with Crippen LogP contribution in [0.15, 0.2) is 55.1 Å². The van der Waals surface area contributed by atoms with E-state index in [0.29, 0.717) is 0 Å². The largest absolute Gasteiger partial charge is 0.493 e. The predicted octanol–water partition coefficient (Wildman–Crippen LogP) is 4.16. The van der Waals surface area contributed by atoms with Crippen molar-refractivity contribution in [1.29, 1.82) is 0 Å². The van der Waals surface area contributed by atoms with E-state index >= 15 is 0 Å². The fourth-order valence-corrected chi connectivity index (χ4v) is 2.24. The molecule has 0 atom stereocenters. The Morgan fingerprint density at radius 1 is 1.00 bits per heavy atom. The summed E-state index contributed by atoms with van der Waals surface area (Å²) >= 11 is 0. The van der Waals surface area contributed by atoms with Gasteiger partial charge in [0, 0.05) is 11.9 Å².